The van der Waals surface area contributed by atoms with Crippen molar-refractivity contribution < 1.29 is 24.1 Å². The van der Waals surface area contributed by atoms with Gasteiger partial charge in [0.25, 0.3) is 6.01 Å². The molecular formula is C29H25ClN4O5. The Labute approximate surface area is 228 Å². The van der Waals surface area contributed by atoms with Crippen LogP contribution < -0.4 is 4.74 Å². The Hall–Kier alpha value is -3.79. The van der Waals surface area contributed by atoms with Gasteiger partial charge in [0.05, 0.1) is 28.9 Å². The summed E-state index contributed by atoms with van der Waals surface area (Å²) in [7, 11) is 0. The number of pyridine rings is 1. The topological polar surface area (TPSA) is 119 Å². The molecule has 9 nitrogen and oxygen atoms in total. The summed E-state index contributed by atoms with van der Waals surface area (Å²) in [6, 6.07) is 17.6. The molecule has 0 bridgehead atoms. The largest absolute Gasteiger partial charge is 0.480 e. The number of ether oxygens (including phenoxy) is 3. The van der Waals surface area contributed by atoms with E-state index in [1.165, 1.54) is 0 Å². The lowest BCUT2D eigenvalue weighted by Crippen LogP contribution is -2.32. The van der Waals surface area contributed by atoms with Crippen molar-refractivity contribution in [2.75, 3.05) is 13.2 Å². The molecule has 2 aromatic carbocycles. The van der Waals surface area contributed by atoms with Crippen LogP contribution in [0.2, 0.25) is 5.02 Å². The van der Waals surface area contributed by atoms with Crippen molar-refractivity contribution >= 4 is 34.4 Å². The van der Waals surface area contributed by atoms with Gasteiger partial charge in [-0.25, -0.2) is 9.78 Å². The molecule has 0 spiro atoms. The minimum absolute atomic E-state index is 0.0687. The normalized spacial score (nSPS) is 24.2. The van der Waals surface area contributed by atoms with Crippen LogP contribution in [-0.2, 0) is 14.3 Å². The third-order valence-corrected chi connectivity index (χ3v) is 7.84. The smallest absolute Gasteiger partial charge is 0.328 e. The Morgan fingerprint density at radius 1 is 0.974 bits per heavy atom. The fraction of sp³-hybridized carbons (Fsp3) is 0.310. The van der Waals surface area contributed by atoms with E-state index in [0.29, 0.717) is 53.9 Å². The molecule has 0 amide bonds. The van der Waals surface area contributed by atoms with Gasteiger partial charge in [0.1, 0.15) is 12.1 Å². The average Bonchev–Trinajstić information content (AvgIpc) is 3.74. The number of fused-ring (bicyclic) bond motifs is 2. The lowest BCUT2D eigenvalue weighted by molar-refractivity contribution is -0.138. The van der Waals surface area contributed by atoms with Crippen LogP contribution in [0.4, 0.5) is 0 Å². The lowest BCUT2D eigenvalue weighted by Gasteiger charge is -2.15. The molecule has 2 unspecified atom stereocenters. The highest BCUT2D eigenvalue weighted by molar-refractivity contribution is 6.33. The third kappa shape index (κ3) is 4.56. The zero-order valence-corrected chi connectivity index (χ0v) is 21.6. The number of H-pyrrole nitrogens is 1. The minimum atomic E-state index is -0.868. The van der Waals surface area contributed by atoms with E-state index in [-0.39, 0.29) is 18.3 Å². The van der Waals surface area contributed by atoms with Crippen LogP contribution in [0.15, 0.2) is 59.6 Å². The number of imidazole rings is 1. The van der Waals surface area contributed by atoms with Crippen LogP contribution in [0, 0.1) is 0 Å². The van der Waals surface area contributed by atoms with E-state index in [2.05, 4.69) is 15.0 Å². The highest BCUT2D eigenvalue weighted by Gasteiger charge is 2.43. The van der Waals surface area contributed by atoms with E-state index >= 15 is 0 Å². The van der Waals surface area contributed by atoms with Crippen molar-refractivity contribution in [2.24, 2.45) is 4.99 Å². The van der Waals surface area contributed by atoms with Crippen LogP contribution >= 0.6 is 11.6 Å². The first-order chi connectivity index (χ1) is 19.0. The Bertz CT molecular complexity index is 1580. The lowest BCUT2D eigenvalue weighted by atomic mass is 9.99. The molecule has 2 fully saturated rings. The van der Waals surface area contributed by atoms with Crippen molar-refractivity contribution in [3.63, 3.8) is 0 Å². The number of aliphatic carboxylic acids is 1. The molecule has 2 saturated heterocycles. The number of hydrogen-bond acceptors (Lipinski definition) is 7. The standard InChI is InChI=1S/C29H25ClN4O5/c30-19-13-22-27(34-29(32-22)39-24-14-38-23-11-12-37-26(23)24)33-25(19)18-7-3-16(4-8-18)15-1-5-17(6-2-15)20-9-10-21(31-20)28(35)36/h1-8,13,21,23-24,26H,9-12,14H2,(H,35,36)(H,32,33,34)/t21?,23-,24?,26+/m1/s1. The molecule has 3 aliphatic heterocycles. The molecule has 39 heavy (non-hydrogen) atoms. The number of aromatic nitrogens is 3. The monoisotopic (exact) mass is 544 g/mol. The second-order valence-corrected chi connectivity index (χ2v) is 10.4. The number of nitrogens with zero attached hydrogens (tertiary/aromatic N) is 3. The summed E-state index contributed by atoms with van der Waals surface area (Å²) in [5.74, 6) is -0.868. The third-order valence-electron chi connectivity index (χ3n) is 7.55. The summed E-state index contributed by atoms with van der Waals surface area (Å²) in [6.45, 7) is 1.16. The molecule has 5 heterocycles. The molecule has 2 aromatic heterocycles. The van der Waals surface area contributed by atoms with E-state index < -0.39 is 12.0 Å². The molecular weight excluding hydrogens is 520 g/mol. The second kappa shape index (κ2) is 9.75. The van der Waals surface area contributed by atoms with Gasteiger partial charge in [-0.05, 0) is 42.0 Å². The average molecular weight is 545 g/mol. The summed E-state index contributed by atoms with van der Waals surface area (Å²) in [6.07, 6.45) is 1.93. The minimum Gasteiger partial charge on any atom is -0.480 e. The predicted octanol–water partition coefficient (Wildman–Crippen LogP) is 4.92. The first kappa shape index (κ1) is 24.3. The number of carbonyl (C=O) groups is 1. The van der Waals surface area contributed by atoms with E-state index in [9.17, 15) is 9.90 Å². The fourth-order valence-electron chi connectivity index (χ4n) is 5.49. The van der Waals surface area contributed by atoms with E-state index in [1.54, 1.807) is 0 Å². The number of aliphatic imine (C=N–C) groups is 1. The van der Waals surface area contributed by atoms with Crippen molar-refractivity contribution in [2.45, 2.75) is 43.6 Å². The van der Waals surface area contributed by atoms with E-state index in [4.69, 9.17) is 30.8 Å². The quantitative estimate of drug-likeness (QED) is 0.354. The van der Waals surface area contributed by atoms with Gasteiger partial charge in [0.2, 0.25) is 0 Å². The Morgan fingerprint density at radius 3 is 2.41 bits per heavy atom. The molecule has 3 aliphatic rings. The molecule has 0 saturated carbocycles. The van der Waals surface area contributed by atoms with Crippen molar-refractivity contribution in [3.8, 4) is 28.4 Å². The predicted molar refractivity (Wildman–Crippen MR) is 145 cm³/mol. The van der Waals surface area contributed by atoms with E-state index in [0.717, 1.165) is 34.4 Å². The van der Waals surface area contributed by atoms with Crippen molar-refractivity contribution in [1.82, 2.24) is 15.0 Å². The van der Waals surface area contributed by atoms with Gasteiger partial charge in [-0.3, -0.25) is 4.99 Å². The van der Waals surface area contributed by atoms with Gasteiger partial charge in [0, 0.05) is 17.9 Å². The summed E-state index contributed by atoms with van der Waals surface area (Å²) in [5.41, 5.74) is 6.62. The number of carboxylic acids is 1. The van der Waals surface area contributed by atoms with Gasteiger partial charge < -0.3 is 24.3 Å². The zero-order valence-electron chi connectivity index (χ0n) is 20.8. The number of nitrogens with one attached hydrogen (secondary N) is 1. The molecule has 10 heteroatoms. The number of carboxylic acid groups (broad SMARTS) is 1. The van der Waals surface area contributed by atoms with Gasteiger partial charge in [0.15, 0.2) is 11.8 Å². The van der Waals surface area contributed by atoms with Crippen molar-refractivity contribution in [1.29, 1.82) is 0 Å². The van der Waals surface area contributed by atoms with Gasteiger partial charge in [-0.2, -0.15) is 4.98 Å². The van der Waals surface area contributed by atoms with Crippen LogP contribution in [0.25, 0.3) is 33.5 Å². The summed E-state index contributed by atoms with van der Waals surface area (Å²) in [4.78, 5) is 27.9. The molecule has 4 atom stereocenters. The Kier molecular flexibility index (Phi) is 6.07. The van der Waals surface area contributed by atoms with Gasteiger partial charge >= 0.3 is 5.97 Å². The van der Waals surface area contributed by atoms with Crippen LogP contribution in [0.5, 0.6) is 6.01 Å². The number of hydrogen-bond donors (Lipinski definition) is 2. The zero-order chi connectivity index (χ0) is 26.5. The summed E-state index contributed by atoms with van der Waals surface area (Å²) >= 11 is 6.62. The summed E-state index contributed by atoms with van der Waals surface area (Å²) < 4.78 is 17.6. The maximum Gasteiger partial charge on any atom is 0.328 e. The molecule has 4 aromatic rings. The molecule has 0 radical (unpaired) electrons. The number of benzene rings is 2. The maximum absolute atomic E-state index is 11.2. The summed E-state index contributed by atoms with van der Waals surface area (Å²) in [5, 5.41) is 9.70. The van der Waals surface area contributed by atoms with Gasteiger partial charge in [-0.1, -0.05) is 60.1 Å². The number of aromatic amines is 1. The Balaban J connectivity index is 1.09. The second-order valence-electron chi connectivity index (χ2n) is 10.0. The highest BCUT2D eigenvalue weighted by atomic mass is 35.5. The number of halogens is 1. The van der Waals surface area contributed by atoms with Crippen LogP contribution in [0.1, 0.15) is 24.8 Å². The van der Waals surface area contributed by atoms with Crippen LogP contribution in [0.3, 0.4) is 0 Å². The maximum atomic E-state index is 11.2. The molecule has 198 valence electrons. The number of rotatable bonds is 6. The first-order valence-electron chi connectivity index (χ1n) is 13.0. The highest BCUT2D eigenvalue weighted by Crippen LogP contribution is 2.33. The van der Waals surface area contributed by atoms with Gasteiger partial charge in [-0.15, -0.1) is 0 Å². The van der Waals surface area contributed by atoms with Crippen molar-refractivity contribution in [3.05, 3.63) is 65.2 Å². The molecule has 0 aliphatic carbocycles. The molecule has 2 N–H and O–H groups in total. The fourth-order valence-corrected chi connectivity index (χ4v) is 5.75. The van der Waals surface area contributed by atoms with Crippen LogP contribution in [-0.4, -0.2) is 69.3 Å². The molecule has 7 rings (SSSR count). The van der Waals surface area contributed by atoms with E-state index in [1.807, 2.05) is 54.6 Å². The Morgan fingerprint density at radius 2 is 1.69 bits per heavy atom. The SMILES string of the molecule is O=C(O)C1CCC(c2ccc(-c3ccc(-c4nc5nc(OC6CO[C@@H]7CCO[C@H]67)[nH]c5cc4Cl)cc3)cc2)=N1. The first-order valence-corrected chi connectivity index (χ1v) is 13.4.